The minimum absolute atomic E-state index is 0.0145. The van der Waals surface area contributed by atoms with Crippen molar-refractivity contribution >= 4 is 5.97 Å². The third-order valence-corrected chi connectivity index (χ3v) is 6.93. The number of rotatable bonds is 4. The summed E-state index contributed by atoms with van der Waals surface area (Å²) < 4.78 is 18.1. The van der Waals surface area contributed by atoms with Crippen molar-refractivity contribution in [1.82, 2.24) is 0 Å². The van der Waals surface area contributed by atoms with Gasteiger partial charge in [0.2, 0.25) is 0 Å². The summed E-state index contributed by atoms with van der Waals surface area (Å²) in [6.45, 7) is 13.0. The molecule has 1 aromatic rings. The van der Waals surface area contributed by atoms with Gasteiger partial charge in [0.1, 0.15) is 11.9 Å². The van der Waals surface area contributed by atoms with Gasteiger partial charge < -0.3 is 13.9 Å². The minimum Gasteiger partial charge on any atom is -0.469 e. The van der Waals surface area contributed by atoms with Crippen LogP contribution in [0.15, 0.2) is 22.3 Å². The van der Waals surface area contributed by atoms with Crippen LogP contribution in [-0.4, -0.2) is 18.7 Å². The van der Waals surface area contributed by atoms with E-state index in [0.29, 0.717) is 18.1 Å². The van der Waals surface area contributed by atoms with Gasteiger partial charge in [0.15, 0.2) is 0 Å². The molecule has 1 fully saturated rings. The molecule has 0 N–H and O–H groups in total. The molecule has 144 valence electrons. The summed E-state index contributed by atoms with van der Waals surface area (Å²) >= 11 is 0. The maximum Gasteiger partial charge on any atom is 0.333 e. The molecule has 1 heterocycles. The summed E-state index contributed by atoms with van der Waals surface area (Å²) in [5, 5.41) is 0. The highest BCUT2D eigenvalue weighted by atomic mass is 16.5. The van der Waals surface area contributed by atoms with Gasteiger partial charge in [-0.2, -0.15) is 0 Å². The van der Waals surface area contributed by atoms with Crippen molar-refractivity contribution in [2.24, 2.45) is 17.3 Å². The van der Waals surface area contributed by atoms with Gasteiger partial charge in [-0.15, -0.1) is 0 Å². The Bertz CT molecular complexity index is 701. The van der Waals surface area contributed by atoms with Crippen molar-refractivity contribution in [1.29, 1.82) is 0 Å². The Balaban J connectivity index is 1.94. The van der Waals surface area contributed by atoms with Crippen LogP contribution in [0.4, 0.5) is 0 Å². The Hall–Kier alpha value is -1.55. The maximum atomic E-state index is 12.3. The molecule has 0 spiro atoms. The predicted molar refractivity (Wildman–Crippen MR) is 101 cm³/mol. The number of hydrogen-bond acceptors (Lipinski definition) is 4. The fourth-order valence-electron chi connectivity index (χ4n) is 4.96. The second kappa shape index (κ2) is 7.22. The van der Waals surface area contributed by atoms with E-state index in [0.717, 1.165) is 30.6 Å². The number of carbonyl (C=O) groups excluding carboxylic acids is 1. The summed E-state index contributed by atoms with van der Waals surface area (Å²) in [7, 11) is 0. The lowest BCUT2D eigenvalue weighted by Crippen LogP contribution is -2.52. The van der Waals surface area contributed by atoms with E-state index < -0.39 is 0 Å². The number of carbonyl (C=O) groups is 1. The number of furan rings is 1. The SMILES string of the molecule is C/C=C(/C)C(=O)O[C@H]1CC[C@@H]2Cc3occ(C)c3[C@@H](OCC)[C@]2(C)[C@H]1C. The lowest BCUT2D eigenvalue weighted by Gasteiger charge is -2.55. The van der Waals surface area contributed by atoms with Gasteiger partial charge in [-0.05, 0) is 52.0 Å². The maximum absolute atomic E-state index is 12.3. The van der Waals surface area contributed by atoms with Crippen molar-refractivity contribution in [3.63, 3.8) is 0 Å². The first-order chi connectivity index (χ1) is 12.3. The molecule has 0 aliphatic heterocycles. The highest BCUT2D eigenvalue weighted by molar-refractivity contribution is 5.87. The van der Waals surface area contributed by atoms with Crippen molar-refractivity contribution in [2.45, 2.75) is 73.0 Å². The quantitative estimate of drug-likeness (QED) is 0.550. The standard InChI is InChI=1S/C22H32O4/c1-7-13(3)21(23)26-17-10-9-16-11-18-19(14(4)12-25-18)20(24-8-2)22(16,6)15(17)5/h7,12,15-17,20H,8-11H2,1-6H3/b13-7-/t15-,16+,17-,20+,22+/m0/s1. The highest BCUT2D eigenvalue weighted by Crippen LogP contribution is 2.59. The van der Waals surface area contributed by atoms with Crippen molar-refractivity contribution in [3.05, 3.63) is 34.8 Å². The zero-order chi connectivity index (χ0) is 19.1. The van der Waals surface area contributed by atoms with Crippen LogP contribution in [-0.2, 0) is 20.7 Å². The van der Waals surface area contributed by atoms with Crippen LogP contribution in [0.3, 0.4) is 0 Å². The van der Waals surface area contributed by atoms with Gasteiger partial charge in [0.05, 0.1) is 12.4 Å². The van der Waals surface area contributed by atoms with Crippen molar-refractivity contribution in [2.75, 3.05) is 6.61 Å². The van der Waals surface area contributed by atoms with Crippen molar-refractivity contribution in [3.8, 4) is 0 Å². The minimum atomic E-state index is -0.199. The number of esters is 1. The zero-order valence-corrected chi connectivity index (χ0v) is 16.9. The van der Waals surface area contributed by atoms with Crippen LogP contribution in [0.5, 0.6) is 0 Å². The first-order valence-electron chi connectivity index (χ1n) is 9.86. The molecule has 26 heavy (non-hydrogen) atoms. The van der Waals surface area contributed by atoms with E-state index in [2.05, 4.69) is 20.8 Å². The van der Waals surface area contributed by atoms with Gasteiger partial charge in [-0.1, -0.05) is 19.9 Å². The average molecular weight is 360 g/mol. The van der Waals surface area contributed by atoms with E-state index in [4.69, 9.17) is 13.9 Å². The lowest BCUT2D eigenvalue weighted by molar-refractivity contribution is -0.175. The second-order valence-electron chi connectivity index (χ2n) is 8.14. The fourth-order valence-corrected chi connectivity index (χ4v) is 4.96. The Morgan fingerprint density at radius 3 is 2.81 bits per heavy atom. The molecule has 2 aliphatic rings. The van der Waals surface area contributed by atoms with Gasteiger partial charge in [-0.25, -0.2) is 4.79 Å². The smallest absolute Gasteiger partial charge is 0.333 e. The second-order valence-corrected chi connectivity index (χ2v) is 8.14. The number of hydrogen-bond donors (Lipinski definition) is 0. The Morgan fingerprint density at radius 2 is 2.15 bits per heavy atom. The van der Waals surface area contributed by atoms with Gasteiger partial charge >= 0.3 is 5.97 Å². The van der Waals surface area contributed by atoms with Gasteiger partial charge in [0, 0.05) is 35.5 Å². The summed E-state index contributed by atoms with van der Waals surface area (Å²) in [4.78, 5) is 12.3. The molecule has 0 saturated heterocycles. The van der Waals surface area contributed by atoms with Crippen LogP contribution >= 0.6 is 0 Å². The normalized spacial score (nSPS) is 34.2. The van der Waals surface area contributed by atoms with Crippen LogP contribution in [0.1, 0.15) is 70.5 Å². The van der Waals surface area contributed by atoms with E-state index >= 15 is 0 Å². The number of aryl methyl sites for hydroxylation is 1. The molecule has 2 aliphatic carbocycles. The highest BCUT2D eigenvalue weighted by Gasteiger charge is 2.56. The monoisotopic (exact) mass is 360 g/mol. The third-order valence-electron chi connectivity index (χ3n) is 6.93. The zero-order valence-electron chi connectivity index (χ0n) is 16.9. The van der Waals surface area contributed by atoms with E-state index in [1.165, 1.54) is 5.56 Å². The molecule has 0 bridgehead atoms. The largest absolute Gasteiger partial charge is 0.469 e. The van der Waals surface area contributed by atoms with Crippen LogP contribution < -0.4 is 0 Å². The molecule has 1 saturated carbocycles. The number of fused-ring (bicyclic) bond motifs is 2. The first-order valence-corrected chi connectivity index (χ1v) is 9.86. The van der Waals surface area contributed by atoms with E-state index in [-0.39, 0.29) is 29.5 Å². The van der Waals surface area contributed by atoms with Crippen LogP contribution in [0.25, 0.3) is 0 Å². The predicted octanol–water partition coefficient (Wildman–Crippen LogP) is 5.15. The molecule has 5 atom stereocenters. The summed E-state index contributed by atoms with van der Waals surface area (Å²) in [6, 6.07) is 0. The summed E-state index contributed by atoms with van der Waals surface area (Å²) in [5.74, 6) is 1.57. The summed E-state index contributed by atoms with van der Waals surface area (Å²) in [5.41, 5.74) is 2.97. The van der Waals surface area contributed by atoms with Crippen molar-refractivity contribution < 1.29 is 18.7 Å². The molecule has 3 rings (SSSR count). The number of ether oxygens (including phenoxy) is 2. The molecular formula is C22H32O4. The Morgan fingerprint density at radius 1 is 1.42 bits per heavy atom. The Labute approximate surface area is 156 Å². The van der Waals surface area contributed by atoms with Gasteiger partial charge in [-0.3, -0.25) is 0 Å². The molecule has 1 aromatic heterocycles. The van der Waals surface area contributed by atoms with Crippen LogP contribution in [0.2, 0.25) is 0 Å². The number of allylic oxidation sites excluding steroid dienone is 1. The summed E-state index contributed by atoms with van der Waals surface area (Å²) in [6.07, 6.45) is 6.45. The molecule has 4 heteroatoms. The first kappa shape index (κ1) is 19.2. The fraction of sp³-hybridized carbons (Fsp3) is 0.682. The lowest BCUT2D eigenvalue weighted by atomic mass is 9.53. The molecular weight excluding hydrogens is 328 g/mol. The van der Waals surface area contributed by atoms with E-state index in [1.807, 2.05) is 33.1 Å². The van der Waals surface area contributed by atoms with E-state index in [1.54, 1.807) is 0 Å². The topological polar surface area (TPSA) is 48.7 Å². The van der Waals surface area contributed by atoms with Gasteiger partial charge in [0.25, 0.3) is 0 Å². The Kier molecular flexibility index (Phi) is 5.34. The molecule has 4 nitrogen and oxygen atoms in total. The molecule has 0 amide bonds. The molecule has 0 radical (unpaired) electrons. The molecule has 0 aromatic carbocycles. The van der Waals surface area contributed by atoms with E-state index in [9.17, 15) is 4.79 Å². The average Bonchev–Trinajstić information content (AvgIpc) is 2.99. The third kappa shape index (κ3) is 2.92. The van der Waals surface area contributed by atoms with Crippen LogP contribution in [0, 0.1) is 24.2 Å². The molecule has 0 unspecified atom stereocenters.